The lowest BCUT2D eigenvalue weighted by Crippen LogP contribution is -2.44. The molecule has 0 bridgehead atoms. The number of hydrazine groups is 1. The van der Waals surface area contributed by atoms with Gasteiger partial charge >= 0.3 is 0 Å². The maximum Gasteiger partial charge on any atom is 0.269 e. The van der Waals surface area contributed by atoms with Gasteiger partial charge in [0.15, 0.2) is 11.5 Å². The number of nitrogens with one attached hydrogen (secondary N) is 2. The van der Waals surface area contributed by atoms with Crippen LogP contribution in [-0.2, 0) is 4.79 Å². The molecule has 2 N–H and O–H groups in total. The van der Waals surface area contributed by atoms with Gasteiger partial charge in [0.25, 0.3) is 5.91 Å². The van der Waals surface area contributed by atoms with E-state index in [4.69, 9.17) is 9.47 Å². The lowest BCUT2D eigenvalue weighted by molar-refractivity contribution is -0.122. The molecule has 0 saturated heterocycles. The molecule has 0 unspecified atom stereocenters. The summed E-state index contributed by atoms with van der Waals surface area (Å²) in [6.07, 6.45) is 0. The second kappa shape index (κ2) is 10.8. The minimum Gasteiger partial charge on any atom is -0.490 e. The van der Waals surface area contributed by atoms with E-state index < -0.39 is 11.8 Å². The van der Waals surface area contributed by atoms with Crippen LogP contribution in [0.1, 0.15) is 41.3 Å². The van der Waals surface area contributed by atoms with Crippen molar-refractivity contribution in [1.82, 2.24) is 10.9 Å². The fourth-order valence-electron chi connectivity index (χ4n) is 3.24. The molecular formula is C25H26N2O4. The van der Waals surface area contributed by atoms with Crippen molar-refractivity contribution in [3.63, 3.8) is 0 Å². The minimum atomic E-state index is -0.554. The molecule has 0 fully saturated rings. The molecule has 31 heavy (non-hydrogen) atoms. The normalized spacial score (nSPS) is 10.4. The highest BCUT2D eigenvalue weighted by atomic mass is 16.5. The van der Waals surface area contributed by atoms with Crippen LogP contribution >= 0.6 is 0 Å². The first-order valence-corrected chi connectivity index (χ1v) is 10.2. The Balaban J connectivity index is 1.75. The van der Waals surface area contributed by atoms with E-state index in [2.05, 4.69) is 10.9 Å². The Labute approximate surface area is 182 Å². The summed E-state index contributed by atoms with van der Waals surface area (Å²) in [5.41, 5.74) is 7.08. The van der Waals surface area contributed by atoms with Gasteiger partial charge in [0.1, 0.15) is 0 Å². The zero-order valence-corrected chi connectivity index (χ0v) is 17.6. The van der Waals surface area contributed by atoms with E-state index in [0.717, 1.165) is 11.1 Å². The van der Waals surface area contributed by atoms with Crippen LogP contribution in [0.25, 0.3) is 0 Å². The van der Waals surface area contributed by atoms with Crippen molar-refractivity contribution in [3.05, 3.63) is 95.6 Å². The number of ether oxygens (including phenoxy) is 2. The van der Waals surface area contributed by atoms with E-state index in [1.54, 1.807) is 18.2 Å². The molecule has 0 radical (unpaired) electrons. The van der Waals surface area contributed by atoms with E-state index in [1.807, 2.05) is 74.5 Å². The first kappa shape index (κ1) is 21.9. The summed E-state index contributed by atoms with van der Waals surface area (Å²) in [5, 5.41) is 0. The van der Waals surface area contributed by atoms with Gasteiger partial charge in [-0.1, -0.05) is 60.7 Å². The smallest absolute Gasteiger partial charge is 0.269 e. The summed E-state index contributed by atoms with van der Waals surface area (Å²) in [4.78, 5) is 25.7. The molecule has 0 aliphatic heterocycles. The summed E-state index contributed by atoms with van der Waals surface area (Å²) in [5.74, 6) is -0.283. The number of rotatable bonds is 8. The Morgan fingerprint density at radius 3 is 1.84 bits per heavy atom. The Morgan fingerprint density at radius 1 is 0.742 bits per heavy atom. The van der Waals surface area contributed by atoms with Crippen LogP contribution in [0.5, 0.6) is 11.5 Å². The quantitative estimate of drug-likeness (QED) is 0.541. The molecule has 6 heteroatoms. The van der Waals surface area contributed by atoms with Gasteiger partial charge in [0.2, 0.25) is 5.91 Å². The van der Waals surface area contributed by atoms with E-state index in [-0.39, 0.29) is 5.91 Å². The molecular weight excluding hydrogens is 392 g/mol. The Kier molecular flexibility index (Phi) is 7.65. The summed E-state index contributed by atoms with van der Waals surface area (Å²) in [6, 6.07) is 23.8. The van der Waals surface area contributed by atoms with Gasteiger partial charge in [0, 0.05) is 5.56 Å². The third-order valence-corrected chi connectivity index (χ3v) is 4.63. The minimum absolute atomic E-state index is 0.332. The molecule has 3 aromatic carbocycles. The summed E-state index contributed by atoms with van der Waals surface area (Å²) in [7, 11) is 0. The largest absolute Gasteiger partial charge is 0.490 e. The van der Waals surface area contributed by atoms with Gasteiger partial charge in [0.05, 0.1) is 19.1 Å². The highest BCUT2D eigenvalue weighted by Gasteiger charge is 2.23. The molecule has 0 heterocycles. The standard InChI is InChI=1S/C25H26N2O4/c1-3-30-21-16-15-20(17-22(21)31-4-2)24(28)26-27-25(29)23(18-11-7-5-8-12-18)19-13-9-6-10-14-19/h5-17,23H,3-4H2,1-2H3,(H,26,28)(H,27,29). The van der Waals surface area contributed by atoms with Crippen molar-refractivity contribution >= 4 is 11.8 Å². The molecule has 0 aliphatic rings. The van der Waals surface area contributed by atoms with Crippen LogP contribution in [0.15, 0.2) is 78.9 Å². The monoisotopic (exact) mass is 418 g/mol. The van der Waals surface area contributed by atoms with Crippen LogP contribution in [0.4, 0.5) is 0 Å². The van der Waals surface area contributed by atoms with E-state index in [0.29, 0.717) is 30.3 Å². The third-order valence-electron chi connectivity index (χ3n) is 4.63. The van der Waals surface area contributed by atoms with Gasteiger partial charge in [-0.25, -0.2) is 0 Å². The van der Waals surface area contributed by atoms with Gasteiger partial charge in [-0.15, -0.1) is 0 Å². The number of hydrogen-bond donors (Lipinski definition) is 2. The fraction of sp³-hybridized carbons (Fsp3) is 0.200. The third kappa shape index (κ3) is 5.63. The van der Waals surface area contributed by atoms with Crippen molar-refractivity contribution in [3.8, 4) is 11.5 Å². The fourth-order valence-corrected chi connectivity index (χ4v) is 3.24. The van der Waals surface area contributed by atoms with E-state index in [9.17, 15) is 9.59 Å². The molecule has 0 aliphatic carbocycles. The highest BCUT2D eigenvalue weighted by Crippen LogP contribution is 2.28. The van der Waals surface area contributed by atoms with E-state index in [1.165, 1.54) is 0 Å². The number of carbonyl (C=O) groups excluding carboxylic acids is 2. The number of benzene rings is 3. The lowest BCUT2D eigenvalue weighted by atomic mass is 9.91. The number of hydrogen-bond acceptors (Lipinski definition) is 4. The summed E-state index contributed by atoms with van der Waals surface area (Å²) in [6.45, 7) is 4.66. The average molecular weight is 418 g/mol. The van der Waals surface area contributed by atoms with Crippen LogP contribution in [0.3, 0.4) is 0 Å². The molecule has 0 aromatic heterocycles. The van der Waals surface area contributed by atoms with Crippen molar-refractivity contribution in [2.45, 2.75) is 19.8 Å². The van der Waals surface area contributed by atoms with Crippen molar-refractivity contribution < 1.29 is 19.1 Å². The van der Waals surface area contributed by atoms with Crippen molar-refractivity contribution in [1.29, 1.82) is 0 Å². The predicted molar refractivity (Wildman–Crippen MR) is 119 cm³/mol. The summed E-state index contributed by atoms with van der Waals surface area (Å²) < 4.78 is 11.1. The van der Waals surface area contributed by atoms with Crippen LogP contribution in [0.2, 0.25) is 0 Å². The van der Waals surface area contributed by atoms with Crippen molar-refractivity contribution in [2.75, 3.05) is 13.2 Å². The maximum absolute atomic E-state index is 13.0. The number of carbonyl (C=O) groups is 2. The topological polar surface area (TPSA) is 76.7 Å². The Bertz CT molecular complexity index is 967. The second-order valence-electron chi connectivity index (χ2n) is 6.73. The molecule has 0 spiro atoms. The first-order chi connectivity index (χ1) is 15.1. The molecule has 160 valence electrons. The van der Waals surface area contributed by atoms with Crippen LogP contribution in [0, 0.1) is 0 Å². The maximum atomic E-state index is 13.0. The molecule has 6 nitrogen and oxygen atoms in total. The average Bonchev–Trinajstić information content (AvgIpc) is 2.80. The van der Waals surface area contributed by atoms with Crippen LogP contribution in [-0.4, -0.2) is 25.0 Å². The molecule has 0 atom stereocenters. The zero-order chi connectivity index (χ0) is 22.1. The first-order valence-electron chi connectivity index (χ1n) is 10.2. The SMILES string of the molecule is CCOc1ccc(C(=O)NNC(=O)C(c2ccccc2)c2ccccc2)cc1OCC. The highest BCUT2D eigenvalue weighted by molar-refractivity contribution is 5.97. The zero-order valence-electron chi connectivity index (χ0n) is 17.6. The molecule has 0 saturated carbocycles. The van der Waals surface area contributed by atoms with Gasteiger partial charge < -0.3 is 9.47 Å². The van der Waals surface area contributed by atoms with Crippen LogP contribution < -0.4 is 20.3 Å². The number of amides is 2. The van der Waals surface area contributed by atoms with Crippen molar-refractivity contribution in [2.24, 2.45) is 0 Å². The van der Waals surface area contributed by atoms with Gasteiger partial charge in [-0.05, 0) is 43.2 Å². The second-order valence-corrected chi connectivity index (χ2v) is 6.73. The Morgan fingerprint density at radius 2 is 1.29 bits per heavy atom. The molecule has 3 aromatic rings. The molecule has 2 amide bonds. The molecule has 3 rings (SSSR count). The van der Waals surface area contributed by atoms with Gasteiger partial charge in [-0.2, -0.15) is 0 Å². The predicted octanol–water partition coefficient (Wildman–Crippen LogP) is 4.08. The van der Waals surface area contributed by atoms with Gasteiger partial charge in [-0.3, -0.25) is 20.4 Å². The Hall–Kier alpha value is -3.80. The summed E-state index contributed by atoms with van der Waals surface area (Å²) >= 11 is 0. The van der Waals surface area contributed by atoms with E-state index >= 15 is 0 Å². The lowest BCUT2D eigenvalue weighted by Gasteiger charge is -2.18.